The van der Waals surface area contributed by atoms with E-state index in [9.17, 15) is 4.79 Å². The van der Waals surface area contributed by atoms with Gasteiger partial charge in [0.25, 0.3) is 5.56 Å². The highest BCUT2D eigenvalue weighted by Gasteiger charge is 2.22. The van der Waals surface area contributed by atoms with Gasteiger partial charge in [-0.05, 0) is 38.1 Å². The average molecular weight is 337 g/mol. The topological polar surface area (TPSA) is 87.9 Å². The molecule has 3 aromatic heterocycles. The number of hydrogen-bond acceptors (Lipinski definition) is 6. The minimum absolute atomic E-state index is 0.0822. The van der Waals surface area contributed by atoms with Gasteiger partial charge in [0, 0.05) is 36.5 Å². The maximum atomic E-state index is 11.4. The predicted octanol–water partition coefficient (Wildman–Crippen LogP) is 2.20. The fourth-order valence-corrected chi connectivity index (χ4v) is 3.22. The fourth-order valence-electron chi connectivity index (χ4n) is 3.22. The Kier molecular flexibility index (Phi) is 4.39. The Labute approximate surface area is 144 Å². The number of likely N-dealkylation sites (tertiary alicyclic amines) is 1. The van der Waals surface area contributed by atoms with Crippen LogP contribution < -0.4 is 5.56 Å². The van der Waals surface area contributed by atoms with Crippen molar-refractivity contribution in [3.05, 3.63) is 64.8 Å². The molecule has 128 valence electrons. The fraction of sp³-hybridized carbons (Fsp3) is 0.333. The molecule has 7 nitrogen and oxygen atoms in total. The summed E-state index contributed by atoms with van der Waals surface area (Å²) in [6.45, 7) is 2.77. The number of furan rings is 1. The van der Waals surface area contributed by atoms with Crippen LogP contribution in [-0.2, 0) is 6.54 Å². The van der Waals surface area contributed by atoms with Gasteiger partial charge in [-0.2, -0.15) is 0 Å². The van der Waals surface area contributed by atoms with E-state index in [0.29, 0.717) is 17.5 Å². The second-order valence-electron chi connectivity index (χ2n) is 6.28. The van der Waals surface area contributed by atoms with Crippen molar-refractivity contribution < 1.29 is 4.42 Å². The van der Waals surface area contributed by atoms with Gasteiger partial charge in [-0.3, -0.25) is 9.69 Å². The molecule has 0 atom stereocenters. The second-order valence-corrected chi connectivity index (χ2v) is 6.28. The number of rotatable bonds is 4. The average Bonchev–Trinajstić information content (AvgIpc) is 3.18. The molecule has 1 aliphatic heterocycles. The number of nitrogens with zero attached hydrogens (tertiary/aromatic N) is 4. The van der Waals surface area contributed by atoms with Crippen molar-refractivity contribution in [3.8, 4) is 11.6 Å². The van der Waals surface area contributed by atoms with Gasteiger partial charge in [0.05, 0.1) is 18.3 Å². The van der Waals surface area contributed by atoms with Gasteiger partial charge in [0.15, 0.2) is 11.6 Å². The van der Waals surface area contributed by atoms with E-state index in [2.05, 4.69) is 24.8 Å². The van der Waals surface area contributed by atoms with E-state index in [1.807, 2.05) is 24.5 Å². The molecule has 7 heteroatoms. The Bertz CT molecular complexity index is 865. The smallest absolute Gasteiger partial charge is 0.250 e. The van der Waals surface area contributed by atoms with E-state index in [4.69, 9.17) is 4.42 Å². The molecular weight excluding hydrogens is 318 g/mol. The number of piperidine rings is 1. The third-order valence-electron chi connectivity index (χ3n) is 4.56. The third-order valence-corrected chi connectivity index (χ3v) is 4.56. The standard InChI is InChI=1S/C18H19N5O2/c24-17-8-15(21-12-22-17)14-3-5-23(6-4-14)11-13-9-19-18(20-10-13)16-2-1-7-25-16/h1-2,7-10,12,14H,3-6,11H2,(H,21,22,24). The molecule has 0 saturated carbocycles. The van der Waals surface area contributed by atoms with E-state index in [-0.39, 0.29) is 5.56 Å². The first-order valence-corrected chi connectivity index (χ1v) is 8.40. The maximum absolute atomic E-state index is 11.4. The van der Waals surface area contributed by atoms with Crippen LogP contribution in [-0.4, -0.2) is 37.9 Å². The number of hydrogen-bond donors (Lipinski definition) is 1. The highest BCUT2D eigenvalue weighted by Crippen LogP contribution is 2.26. The molecule has 1 N–H and O–H groups in total. The molecule has 0 radical (unpaired) electrons. The second kappa shape index (κ2) is 6.98. The summed E-state index contributed by atoms with van der Waals surface area (Å²) in [6, 6.07) is 5.29. The number of H-pyrrole nitrogens is 1. The van der Waals surface area contributed by atoms with Crippen molar-refractivity contribution in [2.24, 2.45) is 0 Å². The van der Waals surface area contributed by atoms with Gasteiger partial charge in [-0.25, -0.2) is 15.0 Å². The third kappa shape index (κ3) is 3.66. The van der Waals surface area contributed by atoms with Crippen LogP contribution in [0.1, 0.15) is 30.0 Å². The summed E-state index contributed by atoms with van der Waals surface area (Å²) in [5, 5.41) is 0. The summed E-state index contributed by atoms with van der Waals surface area (Å²) in [6.07, 6.45) is 8.82. The van der Waals surface area contributed by atoms with Gasteiger partial charge in [-0.1, -0.05) is 0 Å². The van der Waals surface area contributed by atoms with E-state index >= 15 is 0 Å². The zero-order valence-electron chi connectivity index (χ0n) is 13.8. The summed E-state index contributed by atoms with van der Waals surface area (Å²) in [4.78, 5) is 29.4. The van der Waals surface area contributed by atoms with Gasteiger partial charge in [0.1, 0.15) is 0 Å². The first-order chi connectivity index (χ1) is 12.3. The Balaban J connectivity index is 1.35. The van der Waals surface area contributed by atoms with Gasteiger partial charge < -0.3 is 9.40 Å². The molecule has 4 heterocycles. The van der Waals surface area contributed by atoms with Gasteiger partial charge >= 0.3 is 0 Å². The Hall–Kier alpha value is -2.80. The van der Waals surface area contributed by atoms with Crippen LogP contribution in [0.15, 0.2) is 52.4 Å². The number of nitrogens with one attached hydrogen (secondary N) is 1. The summed E-state index contributed by atoms with van der Waals surface area (Å²) < 4.78 is 5.31. The molecule has 0 aromatic carbocycles. The molecule has 0 aliphatic carbocycles. The lowest BCUT2D eigenvalue weighted by atomic mass is 9.93. The Morgan fingerprint density at radius 3 is 2.68 bits per heavy atom. The minimum atomic E-state index is -0.0822. The van der Waals surface area contributed by atoms with E-state index in [1.165, 1.54) is 6.33 Å². The minimum Gasteiger partial charge on any atom is -0.461 e. The van der Waals surface area contributed by atoms with Crippen molar-refractivity contribution in [1.82, 2.24) is 24.8 Å². The largest absolute Gasteiger partial charge is 0.461 e. The van der Waals surface area contributed by atoms with Crippen molar-refractivity contribution in [3.63, 3.8) is 0 Å². The van der Waals surface area contributed by atoms with E-state index in [0.717, 1.165) is 43.7 Å². The lowest BCUT2D eigenvalue weighted by Gasteiger charge is -2.31. The molecular formula is C18H19N5O2. The van der Waals surface area contributed by atoms with Crippen LogP contribution in [0.3, 0.4) is 0 Å². The van der Waals surface area contributed by atoms with Crippen molar-refractivity contribution in [1.29, 1.82) is 0 Å². The van der Waals surface area contributed by atoms with Crippen LogP contribution in [0.4, 0.5) is 0 Å². The molecule has 0 amide bonds. The molecule has 0 bridgehead atoms. The van der Waals surface area contributed by atoms with E-state index < -0.39 is 0 Å². The SMILES string of the molecule is O=c1cc(C2CCN(Cc3cnc(-c4ccco4)nc3)CC2)nc[nH]1. The summed E-state index contributed by atoms with van der Waals surface area (Å²) in [5.41, 5.74) is 1.90. The highest BCUT2D eigenvalue weighted by atomic mass is 16.3. The first kappa shape index (κ1) is 15.7. The summed E-state index contributed by atoms with van der Waals surface area (Å²) >= 11 is 0. The lowest BCUT2D eigenvalue weighted by Crippen LogP contribution is -2.33. The van der Waals surface area contributed by atoms with Crippen LogP contribution in [0.25, 0.3) is 11.6 Å². The number of aromatic nitrogens is 4. The molecule has 4 rings (SSSR count). The van der Waals surface area contributed by atoms with E-state index in [1.54, 1.807) is 12.3 Å². The van der Waals surface area contributed by atoms with Crippen LogP contribution in [0.2, 0.25) is 0 Å². The van der Waals surface area contributed by atoms with Gasteiger partial charge in [-0.15, -0.1) is 0 Å². The molecule has 1 saturated heterocycles. The summed E-state index contributed by atoms with van der Waals surface area (Å²) in [7, 11) is 0. The zero-order valence-corrected chi connectivity index (χ0v) is 13.8. The lowest BCUT2D eigenvalue weighted by molar-refractivity contribution is 0.203. The molecule has 1 aliphatic rings. The monoisotopic (exact) mass is 337 g/mol. The molecule has 0 spiro atoms. The summed E-state index contributed by atoms with van der Waals surface area (Å²) in [5.74, 6) is 1.64. The molecule has 3 aromatic rings. The van der Waals surface area contributed by atoms with Gasteiger partial charge in [0.2, 0.25) is 0 Å². The number of aromatic amines is 1. The van der Waals surface area contributed by atoms with Crippen molar-refractivity contribution in [2.75, 3.05) is 13.1 Å². The molecule has 25 heavy (non-hydrogen) atoms. The Morgan fingerprint density at radius 1 is 1.20 bits per heavy atom. The Morgan fingerprint density at radius 2 is 2.00 bits per heavy atom. The maximum Gasteiger partial charge on any atom is 0.250 e. The van der Waals surface area contributed by atoms with Crippen molar-refractivity contribution >= 4 is 0 Å². The zero-order chi connectivity index (χ0) is 17.1. The van der Waals surface area contributed by atoms with Crippen LogP contribution >= 0.6 is 0 Å². The first-order valence-electron chi connectivity index (χ1n) is 8.40. The molecule has 1 fully saturated rings. The highest BCUT2D eigenvalue weighted by molar-refractivity contribution is 5.45. The quantitative estimate of drug-likeness (QED) is 0.785. The predicted molar refractivity (Wildman–Crippen MR) is 91.8 cm³/mol. The molecule has 0 unspecified atom stereocenters. The van der Waals surface area contributed by atoms with Crippen LogP contribution in [0, 0.1) is 0 Å². The van der Waals surface area contributed by atoms with Crippen LogP contribution in [0.5, 0.6) is 0 Å². The normalized spacial score (nSPS) is 16.2. The van der Waals surface area contributed by atoms with Crippen molar-refractivity contribution in [2.45, 2.75) is 25.3 Å².